The van der Waals surface area contributed by atoms with Crippen LogP contribution < -0.4 is 4.74 Å². The summed E-state index contributed by atoms with van der Waals surface area (Å²) in [6, 6.07) is 7.88. The molecule has 0 aliphatic carbocycles. The molecule has 2 heterocycles. The third-order valence-corrected chi connectivity index (χ3v) is 4.53. The lowest BCUT2D eigenvalue weighted by Gasteiger charge is -2.23. The first-order valence-electron chi connectivity index (χ1n) is 7.58. The summed E-state index contributed by atoms with van der Waals surface area (Å²) < 4.78 is 7.24. The Morgan fingerprint density at radius 2 is 1.92 bits per heavy atom. The molecule has 0 spiro atoms. The number of ether oxygens (including phenoxy) is 1. The number of benzene rings is 1. The molecule has 0 fully saturated rings. The first kappa shape index (κ1) is 16.4. The molecule has 3 aromatic rings. The van der Waals surface area contributed by atoms with Crippen LogP contribution in [0.5, 0.6) is 5.75 Å². The maximum absolute atomic E-state index is 11.0. The topological polar surface area (TPSA) is 57.0 Å². The van der Waals surface area contributed by atoms with Crippen LogP contribution in [-0.2, 0) is 5.54 Å². The molecule has 24 heavy (non-hydrogen) atoms. The fraction of sp³-hybridized carbons (Fsp3) is 0.278. The summed E-state index contributed by atoms with van der Waals surface area (Å²) in [5.74, 6) is 0.805. The molecule has 0 aliphatic rings. The molecule has 0 radical (unpaired) electrons. The molecule has 0 unspecified atom stereocenters. The molecule has 0 atom stereocenters. The number of nitrogens with zero attached hydrogens (tertiary/aromatic N) is 3. The van der Waals surface area contributed by atoms with Crippen LogP contribution in [0.1, 0.15) is 31.3 Å². The predicted octanol–water partition coefficient (Wildman–Crippen LogP) is 4.25. The third kappa shape index (κ3) is 2.97. The van der Waals surface area contributed by atoms with Crippen molar-refractivity contribution in [3.63, 3.8) is 0 Å². The second-order valence-electron chi connectivity index (χ2n) is 6.41. The van der Waals surface area contributed by atoms with E-state index in [4.69, 9.17) is 4.74 Å². The largest absolute Gasteiger partial charge is 0.497 e. The number of thiazole rings is 1. The average Bonchev–Trinajstić information content (AvgIpc) is 3.20. The van der Waals surface area contributed by atoms with E-state index in [1.54, 1.807) is 12.5 Å². The molecule has 0 saturated heterocycles. The predicted molar refractivity (Wildman–Crippen MR) is 95.7 cm³/mol. The van der Waals surface area contributed by atoms with E-state index in [0.717, 1.165) is 33.9 Å². The number of carbonyl (C=O) groups is 1. The molecule has 1 aromatic carbocycles. The SMILES string of the molecule is COc1ccc(-c2c(-c3nc(C=O)cs3)cnn2C(C)(C)C)cc1. The highest BCUT2D eigenvalue weighted by molar-refractivity contribution is 7.13. The van der Waals surface area contributed by atoms with Crippen molar-refractivity contribution in [3.8, 4) is 27.6 Å². The summed E-state index contributed by atoms with van der Waals surface area (Å²) in [6.07, 6.45) is 2.58. The Hall–Kier alpha value is -2.47. The highest BCUT2D eigenvalue weighted by atomic mass is 32.1. The van der Waals surface area contributed by atoms with Gasteiger partial charge in [-0.15, -0.1) is 11.3 Å². The van der Waals surface area contributed by atoms with E-state index in [0.29, 0.717) is 5.69 Å². The molecule has 3 rings (SSSR count). The van der Waals surface area contributed by atoms with E-state index in [1.807, 2.05) is 35.1 Å². The molecule has 0 amide bonds. The molecule has 2 aromatic heterocycles. The van der Waals surface area contributed by atoms with Crippen molar-refractivity contribution >= 4 is 17.6 Å². The quantitative estimate of drug-likeness (QED) is 0.666. The van der Waals surface area contributed by atoms with Gasteiger partial charge in [-0.2, -0.15) is 5.10 Å². The van der Waals surface area contributed by atoms with Gasteiger partial charge >= 0.3 is 0 Å². The zero-order valence-corrected chi connectivity index (χ0v) is 14.9. The van der Waals surface area contributed by atoms with Crippen molar-refractivity contribution < 1.29 is 9.53 Å². The van der Waals surface area contributed by atoms with Crippen LogP contribution in [0, 0.1) is 0 Å². The van der Waals surface area contributed by atoms with Crippen molar-refractivity contribution in [2.45, 2.75) is 26.3 Å². The van der Waals surface area contributed by atoms with Crippen LogP contribution in [0.15, 0.2) is 35.8 Å². The zero-order chi connectivity index (χ0) is 17.3. The first-order chi connectivity index (χ1) is 11.4. The fourth-order valence-electron chi connectivity index (χ4n) is 2.50. The van der Waals surface area contributed by atoms with Gasteiger partial charge < -0.3 is 4.74 Å². The minimum absolute atomic E-state index is 0.182. The molecule has 0 bridgehead atoms. The molecule has 0 aliphatic heterocycles. The normalized spacial score (nSPS) is 11.5. The van der Waals surface area contributed by atoms with E-state index < -0.39 is 0 Å². The average molecular weight is 341 g/mol. The van der Waals surface area contributed by atoms with Crippen molar-refractivity contribution in [2.75, 3.05) is 7.11 Å². The van der Waals surface area contributed by atoms with Crippen molar-refractivity contribution in [3.05, 3.63) is 41.5 Å². The standard InChI is InChI=1S/C18H19N3O2S/c1-18(2,3)21-16(12-5-7-14(23-4)8-6-12)15(9-19-21)17-20-13(10-22)11-24-17/h5-11H,1-4H3. The second-order valence-corrected chi connectivity index (χ2v) is 7.27. The Balaban J connectivity index is 2.19. The Bertz CT molecular complexity index is 857. The van der Waals surface area contributed by atoms with Crippen LogP contribution in [0.3, 0.4) is 0 Å². The first-order valence-corrected chi connectivity index (χ1v) is 8.46. The van der Waals surface area contributed by atoms with Gasteiger partial charge in [-0.1, -0.05) is 0 Å². The summed E-state index contributed by atoms with van der Waals surface area (Å²) in [7, 11) is 1.65. The van der Waals surface area contributed by atoms with Gasteiger partial charge in [0, 0.05) is 10.9 Å². The monoisotopic (exact) mass is 341 g/mol. The molecular weight excluding hydrogens is 322 g/mol. The summed E-state index contributed by atoms with van der Waals surface area (Å²) in [6.45, 7) is 6.32. The molecular formula is C18H19N3O2S. The summed E-state index contributed by atoms with van der Waals surface area (Å²) in [5, 5.41) is 7.13. The minimum atomic E-state index is -0.182. The van der Waals surface area contributed by atoms with E-state index in [2.05, 4.69) is 30.9 Å². The molecule has 0 saturated carbocycles. The number of hydrogen-bond acceptors (Lipinski definition) is 5. The molecule has 0 N–H and O–H groups in total. The highest BCUT2D eigenvalue weighted by Crippen LogP contribution is 2.37. The maximum Gasteiger partial charge on any atom is 0.169 e. The van der Waals surface area contributed by atoms with Gasteiger partial charge in [0.25, 0.3) is 0 Å². The smallest absolute Gasteiger partial charge is 0.169 e. The van der Waals surface area contributed by atoms with Crippen LogP contribution in [0.4, 0.5) is 0 Å². The Morgan fingerprint density at radius 3 is 2.46 bits per heavy atom. The maximum atomic E-state index is 11.0. The summed E-state index contributed by atoms with van der Waals surface area (Å²) in [4.78, 5) is 15.3. The van der Waals surface area contributed by atoms with Crippen LogP contribution in [0.2, 0.25) is 0 Å². The molecule has 5 nitrogen and oxygen atoms in total. The Morgan fingerprint density at radius 1 is 1.21 bits per heavy atom. The second kappa shape index (κ2) is 6.20. The Labute approximate surface area is 144 Å². The van der Waals surface area contributed by atoms with Gasteiger partial charge in [0.2, 0.25) is 0 Å². The van der Waals surface area contributed by atoms with Gasteiger partial charge in [-0.25, -0.2) is 4.98 Å². The van der Waals surface area contributed by atoms with Gasteiger partial charge in [0.15, 0.2) is 6.29 Å². The number of carbonyl (C=O) groups excluding carboxylic acids is 1. The van der Waals surface area contributed by atoms with Crippen molar-refractivity contribution in [1.29, 1.82) is 0 Å². The number of aldehydes is 1. The fourth-order valence-corrected chi connectivity index (χ4v) is 3.28. The van der Waals surface area contributed by atoms with E-state index >= 15 is 0 Å². The van der Waals surface area contributed by atoms with Gasteiger partial charge in [-0.05, 0) is 45.0 Å². The lowest BCUT2D eigenvalue weighted by atomic mass is 10.0. The summed E-state index contributed by atoms with van der Waals surface area (Å²) in [5.41, 5.74) is 3.20. The van der Waals surface area contributed by atoms with Gasteiger partial charge in [-0.3, -0.25) is 9.48 Å². The van der Waals surface area contributed by atoms with E-state index in [-0.39, 0.29) is 5.54 Å². The number of hydrogen-bond donors (Lipinski definition) is 0. The van der Waals surface area contributed by atoms with Gasteiger partial charge in [0.1, 0.15) is 16.5 Å². The van der Waals surface area contributed by atoms with Crippen LogP contribution >= 0.6 is 11.3 Å². The lowest BCUT2D eigenvalue weighted by Crippen LogP contribution is -2.24. The van der Waals surface area contributed by atoms with E-state index in [1.165, 1.54) is 11.3 Å². The zero-order valence-electron chi connectivity index (χ0n) is 14.1. The van der Waals surface area contributed by atoms with Crippen LogP contribution in [-0.4, -0.2) is 28.2 Å². The van der Waals surface area contributed by atoms with E-state index in [9.17, 15) is 4.79 Å². The summed E-state index contributed by atoms with van der Waals surface area (Å²) >= 11 is 1.45. The number of methoxy groups -OCH3 is 1. The van der Waals surface area contributed by atoms with Gasteiger partial charge in [0.05, 0.1) is 30.1 Å². The highest BCUT2D eigenvalue weighted by Gasteiger charge is 2.24. The minimum Gasteiger partial charge on any atom is -0.497 e. The lowest BCUT2D eigenvalue weighted by molar-refractivity contribution is 0.111. The molecule has 124 valence electrons. The van der Waals surface area contributed by atoms with Crippen molar-refractivity contribution in [2.24, 2.45) is 0 Å². The van der Waals surface area contributed by atoms with Crippen LogP contribution in [0.25, 0.3) is 21.8 Å². The molecule has 6 heteroatoms. The Kier molecular flexibility index (Phi) is 4.24. The number of rotatable bonds is 4. The number of aromatic nitrogens is 3. The van der Waals surface area contributed by atoms with Crippen molar-refractivity contribution in [1.82, 2.24) is 14.8 Å². The third-order valence-electron chi connectivity index (χ3n) is 3.64.